The molecule has 1 aromatic carbocycles. The highest BCUT2D eigenvalue weighted by molar-refractivity contribution is 7.99. The molecule has 26 heavy (non-hydrogen) atoms. The molecule has 0 aromatic heterocycles. The molecule has 3 rings (SSSR count). The maximum atomic E-state index is 11.8. The van der Waals surface area contributed by atoms with E-state index >= 15 is 0 Å². The molecule has 2 fully saturated rings. The number of nitrogens with zero attached hydrogens (tertiary/aromatic N) is 3. The maximum Gasteiger partial charge on any atom is 0.264 e. The Labute approximate surface area is 155 Å². The minimum Gasteiger partial charge on any atom is -0.359 e. The lowest BCUT2D eigenvalue weighted by atomic mass is 9.97. The summed E-state index contributed by atoms with van der Waals surface area (Å²) in [5.74, 6) is 0. The zero-order valence-corrected chi connectivity index (χ0v) is 15.8. The Morgan fingerprint density at radius 3 is 2.65 bits per heavy atom. The number of rotatable bonds is 5. The highest BCUT2D eigenvalue weighted by atomic mass is 32.2. The van der Waals surface area contributed by atoms with Crippen LogP contribution in [0.5, 0.6) is 0 Å². The molecule has 2 aliphatic rings. The Kier molecular flexibility index (Phi) is 6.08. The van der Waals surface area contributed by atoms with E-state index in [0.29, 0.717) is 0 Å². The van der Waals surface area contributed by atoms with Gasteiger partial charge in [-0.2, -0.15) is 8.42 Å². The molecule has 9 nitrogen and oxygen atoms in total. The number of thioether (sulfide) groups is 1. The zero-order chi connectivity index (χ0) is 18.7. The van der Waals surface area contributed by atoms with Crippen LogP contribution in [0.15, 0.2) is 35.4 Å². The van der Waals surface area contributed by atoms with Gasteiger partial charge in [0.2, 0.25) is 0 Å². The lowest BCUT2D eigenvalue weighted by molar-refractivity contribution is -0.301. The fourth-order valence-corrected chi connectivity index (χ4v) is 4.40. The van der Waals surface area contributed by atoms with Gasteiger partial charge in [-0.3, -0.25) is 4.18 Å². The van der Waals surface area contributed by atoms with Crippen molar-refractivity contribution in [1.29, 1.82) is 0 Å². The molecular formula is C15H19N3O6S2. The monoisotopic (exact) mass is 401 g/mol. The van der Waals surface area contributed by atoms with Gasteiger partial charge in [0.05, 0.1) is 12.9 Å². The summed E-state index contributed by atoms with van der Waals surface area (Å²) in [7, 11) is -3.81. The zero-order valence-electron chi connectivity index (χ0n) is 14.2. The van der Waals surface area contributed by atoms with Crippen LogP contribution in [-0.2, 0) is 28.5 Å². The Balaban J connectivity index is 1.91. The largest absolute Gasteiger partial charge is 0.359 e. The van der Waals surface area contributed by atoms with Crippen molar-refractivity contribution in [3.8, 4) is 0 Å². The predicted octanol–water partition coefficient (Wildman–Crippen LogP) is 2.21. The average molecular weight is 401 g/mol. The van der Waals surface area contributed by atoms with Crippen LogP contribution in [0.1, 0.15) is 11.9 Å². The normalized spacial score (nSPS) is 34.5. The van der Waals surface area contributed by atoms with Crippen molar-refractivity contribution in [2.45, 2.75) is 36.1 Å². The fraction of sp³-hybridized carbons (Fsp3) is 0.600. The van der Waals surface area contributed by atoms with Crippen molar-refractivity contribution in [2.24, 2.45) is 5.11 Å². The van der Waals surface area contributed by atoms with Gasteiger partial charge in [-0.15, -0.1) is 11.8 Å². The molecule has 0 saturated carbocycles. The van der Waals surface area contributed by atoms with Crippen LogP contribution in [0.3, 0.4) is 0 Å². The highest BCUT2D eigenvalue weighted by Crippen LogP contribution is 2.39. The summed E-state index contributed by atoms with van der Waals surface area (Å²) < 4.78 is 46.4. The van der Waals surface area contributed by atoms with Gasteiger partial charge in [-0.25, -0.2) is 0 Å². The van der Waals surface area contributed by atoms with Crippen molar-refractivity contribution in [2.75, 3.05) is 19.1 Å². The van der Waals surface area contributed by atoms with Crippen LogP contribution in [-0.4, -0.2) is 57.3 Å². The minimum atomic E-state index is -3.81. The molecule has 2 aliphatic heterocycles. The Bertz CT molecular complexity index is 771. The molecule has 3 unspecified atom stereocenters. The van der Waals surface area contributed by atoms with E-state index in [4.69, 9.17) is 23.9 Å². The van der Waals surface area contributed by atoms with Gasteiger partial charge in [-0.05, 0) is 11.8 Å². The summed E-state index contributed by atoms with van der Waals surface area (Å²) in [6.07, 6.45) is -0.268. The van der Waals surface area contributed by atoms with E-state index in [2.05, 4.69) is 10.0 Å². The van der Waals surface area contributed by atoms with Crippen LogP contribution in [0.2, 0.25) is 0 Å². The van der Waals surface area contributed by atoms with Crippen molar-refractivity contribution in [3.05, 3.63) is 46.3 Å². The smallest absolute Gasteiger partial charge is 0.264 e. The third-order valence-electron chi connectivity index (χ3n) is 4.08. The molecule has 2 heterocycles. The number of ether oxygens (including phenoxy) is 3. The van der Waals surface area contributed by atoms with E-state index in [1.54, 1.807) is 6.26 Å². The van der Waals surface area contributed by atoms with E-state index in [9.17, 15) is 8.42 Å². The van der Waals surface area contributed by atoms with Gasteiger partial charge in [0, 0.05) is 10.5 Å². The van der Waals surface area contributed by atoms with Crippen LogP contribution in [0.4, 0.5) is 0 Å². The first kappa shape index (κ1) is 19.4. The Morgan fingerprint density at radius 1 is 1.31 bits per heavy atom. The molecule has 142 valence electrons. The van der Waals surface area contributed by atoms with Crippen LogP contribution in [0.25, 0.3) is 10.4 Å². The summed E-state index contributed by atoms with van der Waals surface area (Å²) in [4.78, 5) is 2.82. The number of hydrogen-bond donors (Lipinski definition) is 0. The third-order valence-corrected chi connectivity index (χ3v) is 5.51. The molecule has 2 saturated heterocycles. The SMILES string of the molecule is CS[C@@H]1OC2COC(c3ccccc3)O[C@@H]2[C@H](OS(C)(=O)=O)C1N=[N+]=[N-]. The molecule has 0 amide bonds. The van der Waals surface area contributed by atoms with E-state index in [1.165, 1.54) is 11.8 Å². The maximum absolute atomic E-state index is 11.8. The molecule has 0 aliphatic carbocycles. The average Bonchev–Trinajstić information content (AvgIpc) is 2.62. The van der Waals surface area contributed by atoms with E-state index in [-0.39, 0.29) is 6.61 Å². The second kappa shape index (κ2) is 8.13. The minimum absolute atomic E-state index is 0.202. The fourth-order valence-electron chi connectivity index (χ4n) is 3.03. The number of benzene rings is 1. The van der Waals surface area contributed by atoms with Gasteiger partial charge in [0.1, 0.15) is 29.8 Å². The second-order valence-electron chi connectivity index (χ2n) is 5.92. The first-order chi connectivity index (χ1) is 12.4. The van der Waals surface area contributed by atoms with Crippen LogP contribution in [0, 0.1) is 0 Å². The lowest BCUT2D eigenvalue weighted by Gasteiger charge is -2.47. The van der Waals surface area contributed by atoms with Crippen molar-refractivity contribution >= 4 is 21.9 Å². The number of fused-ring (bicyclic) bond motifs is 1. The summed E-state index contributed by atoms with van der Waals surface area (Å²) in [6.45, 7) is 0.202. The summed E-state index contributed by atoms with van der Waals surface area (Å²) in [6, 6.07) is 8.40. The van der Waals surface area contributed by atoms with E-state index in [0.717, 1.165) is 11.8 Å². The summed E-state index contributed by atoms with van der Waals surface area (Å²) >= 11 is 1.30. The van der Waals surface area contributed by atoms with Crippen LogP contribution >= 0.6 is 11.8 Å². The van der Waals surface area contributed by atoms with Gasteiger partial charge >= 0.3 is 0 Å². The molecule has 0 N–H and O–H groups in total. The first-order valence-corrected chi connectivity index (χ1v) is 11.0. The van der Waals surface area contributed by atoms with Gasteiger partial charge in [0.15, 0.2) is 6.29 Å². The molecule has 0 spiro atoms. The number of azide groups is 1. The van der Waals surface area contributed by atoms with Gasteiger partial charge < -0.3 is 14.2 Å². The molecule has 11 heteroatoms. The van der Waals surface area contributed by atoms with Gasteiger partial charge in [-0.1, -0.05) is 35.4 Å². The molecular weight excluding hydrogens is 382 g/mol. The van der Waals surface area contributed by atoms with Crippen molar-refractivity contribution < 1.29 is 26.8 Å². The standard InChI is InChI=1S/C15H19N3O6S2/c1-25-15-11(17-18-16)13(24-26(2,19)20)12-10(22-15)8-21-14(23-12)9-6-4-3-5-7-9/h3-7,10-15H,8H2,1-2H3/t10?,11?,12-,13+,14?,15-/m0/s1. The van der Waals surface area contributed by atoms with Crippen LogP contribution < -0.4 is 0 Å². The van der Waals surface area contributed by atoms with Crippen molar-refractivity contribution in [3.63, 3.8) is 0 Å². The van der Waals surface area contributed by atoms with E-state index in [1.807, 2.05) is 30.3 Å². The first-order valence-electron chi connectivity index (χ1n) is 7.85. The summed E-state index contributed by atoms with van der Waals surface area (Å²) in [5.41, 5.74) is 9.12. The quantitative estimate of drug-likeness (QED) is 0.321. The Hall–Kier alpha value is -1.33. The van der Waals surface area contributed by atoms with E-state index < -0.39 is 46.2 Å². The molecule has 1 aromatic rings. The lowest BCUT2D eigenvalue weighted by Crippen LogP contribution is -2.61. The van der Waals surface area contributed by atoms with Gasteiger partial charge in [0.25, 0.3) is 10.1 Å². The predicted molar refractivity (Wildman–Crippen MR) is 94.8 cm³/mol. The highest BCUT2D eigenvalue weighted by Gasteiger charge is 2.51. The molecule has 6 atom stereocenters. The molecule has 0 bridgehead atoms. The Morgan fingerprint density at radius 2 is 2.04 bits per heavy atom. The second-order valence-corrected chi connectivity index (χ2v) is 8.45. The van der Waals surface area contributed by atoms with Crippen molar-refractivity contribution in [1.82, 2.24) is 0 Å². The molecule has 0 radical (unpaired) electrons. The third kappa shape index (κ3) is 4.32. The summed E-state index contributed by atoms with van der Waals surface area (Å²) in [5, 5.41) is 3.71. The number of hydrogen-bond acceptors (Lipinski definition) is 8. The topological polar surface area (TPSA) is 120 Å².